The van der Waals surface area contributed by atoms with E-state index < -0.39 is 22.8 Å². The molecule has 0 fully saturated rings. The van der Waals surface area contributed by atoms with Crippen LogP contribution in [0.3, 0.4) is 0 Å². The first-order chi connectivity index (χ1) is 11.8. The number of hydrogen-bond acceptors (Lipinski definition) is 7. The molecule has 2 heterocycles. The summed E-state index contributed by atoms with van der Waals surface area (Å²) in [5, 5.41) is 22.3. The van der Waals surface area contributed by atoms with Crippen molar-refractivity contribution in [2.24, 2.45) is 12.1 Å². The van der Waals surface area contributed by atoms with Crippen LogP contribution in [-0.2, 0) is 11.8 Å². The number of hydrazone groups is 1. The molecule has 134 valence electrons. The van der Waals surface area contributed by atoms with Gasteiger partial charge in [-0.1, -0.05) is 0 Å². The second-order valence-electron chi connectivity index (χ2n) is 5.08. The molecule has 0 aliphatic carbocycles. The number of nitrogens with zero attached hydrogens (tertiary/aromatic N) is 6. The van der Waals surface area contributed by atoms with Crippen molar-refractivity contribution in [2.75, 3.05) is 7.11 Å². The summed E-state index contributed by atoms with van der Waals surface area (Å²) in [6.45, 7) is 3.07. The van der Waals surface area contributed by atoms with Gasteiger partial charge in [-0.2, -0.15) is 14.6 Å². The van der Waals surface area contributed by atoms with Crippen molar-refractivity contribution >= 4 is 17.8 Å². The number of carbonyl (C=O) groups is 1. The Labute approximate surface area is 141 Å². The molecule has 12 heteroatoms. The molecule has 0 aliphatic rings. The number of ether oxygens (including phenoxy) is 1. The molecule has 0 radical (unpaired) electrons. The van der Waals surface area contributed by atoms with Crippen LogP contribution in [0, 0.1) is 23.0 Å². The van der Waals surface area contributed by atoms with Crippen molar-refractivity contribution in [2.45, 2.75) is 19.9 Å². The fourth-order valence-corrected chi connectivity index (χ4v) is 2.00. The molecule has 0 saturated heterocycles. The molecule has 1 atom stereocenters. The van der Waals surface area contributed by atoms with Gasteiger partial charge in [0, 0.05) is 7.05 Å². The number of nitrogens with one attached hydrogen (secondary N) is 1. The highest BCUT2D eigenvalue weighted by molar-refractivity contribution is 5.84. The number of rotatable bonds is 6. The van der Waals surface area contributed by atoms with Crippen LogP contribution >= 0.6 is 0 Å². The minimum Gasteiger partial charge on any atom is -0.475 e. The van der Waals surface area contributed by atoms with Gasteiger partial charge in [0.05, 0.1) is 29.5 Å². The minimum absolute atomic E-state index is 0.145. The van der Waals surface area contributed by atoms with Gasteiger partial charge in [-0.25, -0.2) is 14.8 Å². The van der Waals surface area contributed by atoms with Crippen molar-refractivity contribution in [1.29, 1.82) is 0 Å². The summed E-state index contributed by atoms with van der Waals surface area (Å²) in [6.07, 6.45) is 2.21. The minimum atomic E-state index is -0.903. The van der Waals surface area contributed by atoms with E-state index in [-0.39, 0.29) is 17.1 Å². The van der Waals surface area contributed by atoms with Crippen LogP contribution in [0.15, 0.2) is 11.3 Å². The van der Waals surface area contributed by atoms with Crippen molar-refractivity contribution in [3.8, 4) is 5.88 Å². The summed E-state index contributed by atoms with van der Waals surface area (Å²) in [5.41, 5.74) is 2.42. The normalized spacial score (nSPS) is 12.4. The van der Waals surface area contributed by atoms with Crippen LogP contribution in [0.4, 0.5) is 10.1 Å². The Balaban J connectivity index is 2.10. The molecule has 0 spiro atoms. The third kappa shape index (κ3) is 3.62. The standard InChI is InChI=1S/C13H16FN7O4/c1-7-9(11(14)19(3)17-7)5-15-16-12(22)8(2)20-6-10(21(23)24)13(18-20)25-4/h5-6,8H,1-4H3,(H,16,22)/b15-5-/t8-/m1/s1. The van der Waals surface area contributed by atoms with Crippen LogP contribution in [0.25, 0.3) is 0 Å². The van der Waals surface area contributed by atoms with Gasteiger partial charge >= 0.3 is 11.6 Å². The van der Waals surface area contributed by atoms with E-state index in [0.29, 0.717) is 5.69 Å². The van der Waals surface area contributed by atoms with Crippen molar-refractivity contribution < 1.29 is 18.8 Å². The molecule has 1 N–H and O–H groups in total. The maximum absolute atomic E-state index is 13.7. The zero-order chi connectivity index (χ0) is 18.7. The Morgan fingerprint density at radius 2 is 2.24 bits per heavy atom. The van der Waals surface area contributed by atoms with Crippen LogP contribution in [0.5, 0.6) is 5.88 Å². The van der Waals surface area contributed by atoms with E-state index in [9.17, 15) is 19.3 Å². The Morgan fingerprint density at radius 3 is 2.72 bits per heavy atom. The molecule has 1 amide bonds. The Bertz CT molecular complexity index is 842. The van der Waals surface area contributed by atoms with Gasteiger partial charge in [0.1, 0.15) is 12.2 Å². The van der Waals surface area contributed by atoms with E-state index >= 15 is 0 Å². The smallest absolute Gasteiger partial charge is 0.350 e. The molecule has 2 aromatic heterocycles. The van der Waals surface area contributed by atoms with E-state index in [1.54, 1.807) is 6.92 Å². The summed E-state index contributed by atoms with van der Waals surface area (Å²) in [4.78, 5) is 22.3. The lowest BCUT2D eigenvalue weighted by Gasteiger charge is -2.09. The Kier molecular flexibility index (Phi) is 5.10. The number of carbonyl (C=O) groups excluding carboxylic acids is 1. The summed E-state index contributed by atoms with van der Waals surface area (Å²) in [6, 6.07) is -0.903. The summed E-state index contributed by atoms with van der Waals surface area (Å²) >= 11 is 0. The highest BCUT2D eigenvalue weighted by Crippen LogP contribution is 2.25. The topological polar surface area (TPSA) is 129 Å². The summed E-state index contributed by atoms with van der Waals surface area (Å²) in [5.74, 6) is -1.39. The lowest BCUT2D eigenvalue weighted by molar-refractivity contribution is -0.385. The number of halogens is 1. The summed E-state index contributed by atoms with van der Waals surface area (Å²) < 4.78 is 20.7. The van der Waals surface area contributed by atoms with E-state index in [1.807, 2.05) is 0 Å². The number of amides is 1. The molecule has 11 nitrogen and oxygen atoms in total. The Morgan fingerprint density at radius 1 is 1.56 bits per heavy atom. The van der Waals surface area contributed by atoms with Gasteiger partial charge < -0.3 is 4.74 Å². The fraction of sp³-hybridized carbons (Fsp3) is 0.385. The average Bonchev–Trinajstić information content (AvgIpc) is 3.10. The molecule has 0 saturated carbocycles. The van der Waals surface area contributed by atoms with Crippen molar-refractivity contribution in [3.05, 3.63) is 33.5 Å². The van der Waals surface area contributed by atoms with Gasteiger partial charge in [0.25, 0.3) is 5.91 Å². The molecular formula is C13H16FN7O4. The second kappa shape index (κ2) is 7.07. The lowest BCUT2D eigenvalue weighted by Crippen LogP contribution is -2.27. The van der Waals surface area contributed by atoms with Gasteiger partial charge in [-0.15, -0.1) is 5.10 Å². The molecule has 0 aromatic carbocycles. The van der Waals surface area contributed by atoms with E-state index in [1.165, 1.54) is 21.1 Å². The van der Waals surface area contributed by atoms with E-state index in [0.717, 1.165) is 21.8 Å². The number of nitro groups is 1. The first-order valence-electron chi connectivity index (χ1n) is 7.05. The molecule has 0 unspecified atom stereocenters. The molecule has 0 bridgehead atoms. The van der Waals surface area contributed by atoms with Crippen molar-refractivity contribution in [3.63, 3.8) is 0 Å². The monoisotopic (exact) mass is 353 g/mol. The SMILES string of the molecule is COc1nn([C@H](C)C(=O)N/N=C\c2c(C)nn(C)c2F)cc1[N+](=O)[O-]. The summed E-state index contributed by atoms with van der Waals surface area (Å²) in [7, 11) is 2.68. The predicted octanol–water partition coefficient (Wildman–Crippen LogP) is 0.692. The molecule has 2 aromatic rings. The molecule has 0 aliphatic heterocycles. The van der Waals surface area contributed by atoms with Gasteiger partial charge in [0.2, 0.25) is 5.95 Å². The third-order valence-electron chi connectivity index (χ3n) is 3.41. The largest absolute Gasteiger partial charge is 0.475 e. The van der Waals surface area contributed by atoms with Crippen molar-refractivity contribution in [1.82, 2.24) is 25.0 Å². The predicted molar refractivity (Wildman–Crippen MR) is 83.8 cm³/mol. The highest BCUT2D eigenvalue weighted by atomic mass is 19.1. The lowest BCUT2D eigenvalue weighted by atomic mass is 10.3. The first kappa shape index (κ1) is 18.0. The quantitative estimate of drug-likeness (QED) is 0.462. The van der Waals surface area contributed by atoms with Crippen LogP contribution in [0.1, 0.15) is 24.2 Å². The first-order valence-corrected chi connectivity index (χ1v) is 7.05. The van der Waals surface area contributed by atoms with Crippen LogP contribution < -0.4 is 10.2 Å². The maximum atomic E-state index is 13.7. The van der Waals surface area contributed by atoms with Gasteiger partial charge in [0.15, 0.2) is 0 Å². The molecular weight excluding hydrogens is 337 g/mol. The Hall–Kier alpha value is -3.31. The third-order valence-corrected chi connectivity index (χ3v) is 3.41. The number of aromatic nitrogens is 4. The van der Waals surface area contributed by atoms with E-state index in [2.05, 4.69) is 20.7 Å². The molecule has 25 heavy (non-hydrogen) atoms. The average molecular weight is 353 g/mol. The number of hydrogen-bond donors (Lipinski definition) is 1. The zero-order valence-corrected chi connectivity index (χ0v) is 13.9. The van der Waals surface area contributed by atoms with Gasteiger partial charge in [-0.3, -0.25) is 14.9 Å². The molecule has 2 rings (SSSR count). The van der Waals surface area contributed by atoms with Crippen LogP contribution in [-0.4, -0.2) is 43.7 Å². The zero-order valence-electron chi connectivity index (χ0n) is 13.9. The highest BCUT2D eigenvalue weighted by Gasteiger charge is 2.25. The van der Waals surface area contributed by atoms with E-state index in [4.69, 9.17) is 4.74 Å². The fourth-order valence-electron chi connectivity index (χ4n) is 2.00. The maximum Gasteiger partial charge on any atom is 0.350 e. The van der Waals surface area contributed by atoms with Gasteiger partial charge in [-0.05, 0) is 13.8 Å². The number of aryl methyl sites for hydroxylation is 2. The number of methoxy groups -OCH3 is 1. The second-order valence-corrected chi connectivity index (χ2v) is 5.08. The van der Waals surface area contributed by atoms with Crippen LogP contribution in [0.2, 0.25) is 0 Å².